The standard InChI is InChI=1S/C30H31N3O3/c34-29-9-4-13-33(29)27-8-3-7-24(18-27)30(35)32-15-16-36-28-11-10-22(17-26(28)21-32)19-31-14-12-23-5-1-2-6-25(23)20-31/h1-3,5-8,10-11,17-18H,4,9,12-16,19-21H2. The predicted molar refractivity (Wildman–Crippen MR) is 139 cm³/mol. The van der Waals surface area contributed by atoms with E-state index in [1.54, 1.807) is 4.90 Å². The summed E-state index contributed by atoms with van der Waals surface area (Å²) in [6, 6.07) is 22.6. The number of ether oxygens (including phenoxy) is 1. The maximum atomic E-state index is 13.5. The Morgan fingerprint density at radius 3 is 2.58 bits per heavy atom. The van der Waals surface area contributed by atoms with Crippen LogP contribution in [0.2, 0.25) is 0 Å². The van der Waals surface area contributed by atoms with E-state index >= 15 is 0 Å². The Labute approximate surface area is 212 Å². The lowest BCUT2D eigenvalue weighted by molar-refractivity contribution is -0.117. The summed E-state index contributed by atoms with van der Waals surface area (Å²) >= 11 is 0. The van der Waals surface area contributed by atoms with E-state index in [4.69, 9.17) is 4.74 Å². The molecule has 3 aromatic carbocycles. The van der Waals surface area contributed by atoms with Crippen LogP contribution < -0.4 is 9.64 Å². The van der Waals surface area contributed by atoms with E-state index in [2.05, 4.69) is 47.4 Å². The molecule has 1 fully saturated rings. The quantitative estimate of drug-likeness (QED) is 0.554. The lowest BCUT2D eigenvalue weighted by Crippen LogP contribution is -2.33. The van der Waals surface area contributed by atoms with Gasteiger partial charge in [-0.25, -0.2) is 0 Å². The molecule has 184 valence electrons. The molecule has 6 heteroatoms. The molecule has 36 heavy (non-hydrogen) atoms. The van der Waals surface area contributed by atoms with Gasteiger partial charge in [0, 0.05) is 56.0 Å². The zero-order chi connectivity index (χ0) is 24.5. The van der Waals surface area contributed by atoms with Crippen LogP contribution in [-0.4, -0.2) is 47.9 Å². The van der Waals surface area contributed by atoms with Gasteiger partial charge in [-0.2, -0.15) is 0 Å². The number of rotatable bonds is 4. The van der Waals surface area contributed by atoms with Gasteiger partial charge < -0.3 is 14.5 Å². The van der Waals surface area contributed by atoms with Gasteiger partial charge in [0.2, 0.25) is 5.91 Å². The summed E-state index contributed by atoms with van der Waals surface area (Å²) in [5, 5.41) is 0. The van der Waals surface area contributed by atoms with Crippen molar-refractivity contribution in [2.24, 2.45) is 0 Å². The molecule has 6 rings (SSSR count). The predicted octanol–water partition coefficient (Wildman–Crippen LogP) is 4.41. The second-order valence-corrected chi connectivity index (χ2v) is 9.95. The number of carbonyl (C=O) groups excluding carboxylic acids is 2. The van der Waals surface area contributed by atoms with E-state index in [1.165, 1.54) is 16.7 Å². The molecule has 1 saturated heterocycles. The molecular formula is C30H31N3O3. The molecule has 3 aliphatic heterocycles. The Bertz CT molecular complexity index is 1300. The lowest BCUT2D eigenvalue weighted by atomic mass is 9.99. The average molecular weight is 482 g/mol. The van der Waals surface area contributed by atoms with Crippen LogP contribution in [0.3, 0.4) is 0 Å². The highest BCUT2D eigenvalue weighted by atomic mass is 16.5. The van der Waals surface area contributed by atoms with E-state index in [0.29, 0.717) is 38.2 Å². The zero-order valence-electron chi connectivity index (χ0n) is 20.5. The van der Waals surface area contributed by atoms with E-state index < -0.39 is 0 Å². The van der Waals surface area contributed by atoms with Crippen molar-refractivity contribution in [3.8, 4) is 5.75 Å². The van der Waals surface area contributed by atoms with Crippen LogP contribution in [0, 0.1) is 0 Å². The van der Waals surface area contributed by atoms with E-state index in [-0.39, 0.29) is 11.8 Å². The minimum Gasteiger partial charge on any atom is -0.491 e. The van der Waals surface area contributed by atoms with Crippen molar-refractivity contribution < 1.29 is 14.3 Å². The molecule has 0 radical (unpaired) electrons. The molecule has 0 atom stereocenters. The molecule has 0 spiro atoms. The normalized spacial score (nSPS) is 17.8. The van der Waals surface area contributed by atoms with Crippen molar-refractivity contribution in [2.45, 2.75) is 38.9 Å². The van der Waals surface area contributed by atoms with Gasteiger partial charge in [-0.1, -0.05) is 36.4 Å². The van der Waals surface area contributed by atoms with Gasteiger partial charge in [0.1, 0.15) is 12.4 Å². The minimum atomic E-state index is -0.0296. The van der Waals surface area contributed by atoms with E-state index in [1.807, 2.05) is 29.2 Å². The van der Waals surface area contributed by atoms with Crippen LogP contribution in [0.25, 0.3) is 0 Å². The fourth-order valence-electron chi connectivity index (χ4n) is 5.58. The number of hydrogen-bond acceptors (Lipinski definition) is 4. The number of anilines is 1. The highest BCUT2D eigenvalue weighted by molar-refractivity contribution is 5.99. The van der Waals surface area contributed by atoms with Gasteiger partial charge in [0.05, 0.1) is 6.54 Å². The Balaban J connectivity index is 1.18. The Morgan fingerprint density at radius 2 is 1.72 bits per heavy atom. The molecule has 3 heterocycles. The molecule has 0 aliphatic carbocycles. The van der Waals surface area contributed by atoms with E-state index in [0.717, 1.165) is 49.5 Å². The monoisotopic (exact) mass is 481 g/mol. The highest BCUT2D eigenvalue weighted by Crippen LogP contribution is 2.28. The summed E-state index contributed by atoms with van der Waals surface area (Å²) in [4.78, 5) is 31.8. The smallest absolute Gasteiger partial charge is 0.254 e. The number of nitrogens with zero attached hydrogens (tertiary/aromatic N) is 3. The SMILES string of the molecule is O=C(c1cccc(N2CCCC2=O)c1)N1CCOc2ccc(CN3CCc4ccccc4C3)cc2C1. The van der Waals surface area contributed by atoms with Crippen molar-refractivity contribution in [2.75, 3.05) is 31.1 Å². The first-order valence-corrected chi connectivity index (χ1v) is 12.9. The van der Waals surface area contributed by atoms with Gasteiger partial charge in [0.25, 0.3) is 5.91 Å². The molecule has 0 N–H and O–H groups in total. The molecule has 0 bridgehead atoms. The lowest BCUT2D eigenvalue weighted by Gasteiger charge is -2.29. The second kappa shape index (κ2) is 9.78. The summed E-state index contributed by atoms with van der Waals surface area (Å²) in [5.74, 6) is 0.953. The van der Waals surface area contributed by atoms with Crippen LogP contribution in [0.5, 0.6) is 5.75 Å². The topological polar surface area (TPSA) is 53.1 Å². The largest absolute Gasteiger partial charge is 0.491 e. The molecular weight excluding hydrogens is 450 g/mol. The fraction of sp³-hybridized carbons (Fsp3) is 0.333. The Hall–Kier alpha value is -3.64. The van der Waals surface area contributed by atoms with Gasteiger partial charge in [0.15, 0.2) is 0 Å². The molecule has 6 nitrogen and oxygen atoms in total. The third kappa shape index (κ3) is 4.61. The van der Waals surface area contributed by atoms with E-state index in [9.17, 15) is 9.59 Å². The molecule has 0 saturated carbocycles. The third-order valence-corrected chi connectivity index (χ3v) is 7.49. The summed E-state index contributed by atoms with van der Waals surface area (Å²) in [5.41, 5.74) is 6.56. The average Bonchev–Trinajstić information content (AvgIpc) is 3.23. The maximum Gasteiger partial charge on any atom is 0.254 e. The van der Waals surface area contributed by atoms with Crippen molar-refractivity contribution in [3.05, 3.63) is 94.5 Å². The van der Waals surface area contributed by atoms with Crippen molar-refractivity contribution in [1.29, 1.82) is 0 Å². The Kier molecular flexibility index (Phi) is 6.20. The van der Waals surface area contributed by atoms with Crippen LogP contribution >= 0.6 is 0 Å². The first-order valence-electron chi connectivity index (χ1n) is 12.9. The number of benzene rings is 3. The third-order valence-electron chi connectivity index (χ3n) is 7.49. The molecule has 0 unspecified atom stereocenters. The number of fused-ring (bicyclic) bond motifs is 2. The molecule has 3 aliphatic rings. The summed E-state index contributed by atoms with van der Waals surface area (Å²) < 4.78 is 6.01. The van der Waals surface area contributed by atoms with Crippen molar-refractivity contribution in [3.63, 3.8) is 0 Å². The summed E-state index contributed by atoms with van der Waals surface area (Å²) in [6.45, 7) is 5.10. The van der Waals surface area contributed by atoms with Gasteiger partial charge in [-0.15, -0.1) is 0 Å². The first-order chi connectivity index (χ1) is 17.6. The van der Waals surface area contributed by atoms with Crippen LogP contribution in [0.15, 0.2) is 66.7 Å². The summed E-state index contributed by atoms with van der Waals surface area (Å²) in [6.07, 6.45) is 2.52. The minimum absolute atomic E-state index is 0.0296. The zero-order valence-corrected chi connectivity index (χ0v) is 20.5. The van der Waals surface area contributed by atoms with Gasteiger partial charge >= 0.3 is 0 Å². The molecule has 0 aromatic heterocycles. The van der Waals surface area contributed by atoms with Crippen LogP contribution in [-0.2, 0) is 30.8 Å². The maximum absolute atomic E-state index is 13.5. The number of hydrogen-bond donors (Lipinski definition) is 0. The Morgan fingerprint density at radius 1 is 0.833 bits per heavy atom. The van der Waals surface area contributed by atoms with Crippen LogP contribution in [0.4, 0.5) is 5.69 Å². The second-order valence-electron chi connectivity index (χ2n) is 9.95. The number of amides is 2. The molecule has 2 amide bonds. The first kappa shape index (κ1) is 22.8. The van der Waals surface area contributed by atoms with Crippen molar-refractivity contribution in [1.82, 2.24) is 9.80 Å². The van der Waals surface area contributed by atoms with Crippen molar-refractivity contribution >= 4 is 17.5 Å². The fourth-order valence-corrected chi connectivity index (χ4v) is 5.58. The molecule has 3 aromatic rings. The van der Waals surface area contributed by atoms with Gasteiger partial charge in [-0.3, -0.25) is 14.5 Å². The highest BCUT2D eigenvalue weighted by Gasteiger charge is 2.25. The number of carbonyl (C=O) groups is 2. The van der Waals surface area contributed by atoms with Crippen LogP contribution in [0.1, 0.15) is 45.5 Å². The summed E-state index contributed by atoms with van der Waals surface area (Å²) in [7, 11) is 0. The van der Waals surface area contributed by atoms with Gasteiger partial charge in [-0.05, 0) is 59.9 Å².